The summed E-state index contributed by atoms with van der Waals surface area (Å²) < 4.78 is 42.8. The molecule has 3 aromatic rings. The molecule has 1 aromatic heterocycles. The SMILES string of the molecule is CN1CCC(N2CCN(C(=O)[C@@H](Cc3cc(Cl)c(N)c(C(F)(F)F)c3)NC(=O)N3CCC(n4nc(-c5ccccc5)[nH]c4=O)CC3)CC2)CC1. The van der Waals surface area contributed by atoms with Crippen LogP contribution in [0.15, 0.2) is 47.3 Å². The number of aromatic amines is 1. The molecule has 3 saturated heterocycles. The van der Waals surface area contributed by atoms with Crippen molar-refractivity contribution >= 4 is 29.2 Å². The van der Waals surface area contributed by atoms with Crippen LogP contribution in [0.3, 0.4) is 0 Å². The number of benzene rings is 2. The minimum absolute atomic E-state index is 0.131. The molecule has 4 heterocycles. The van der Waals surface area contributed by atoms with Crippen molar-refractivity contribution < 1.29 is 22.8 Å². The van der Waals surface area contributed by atoms with E-state index in [2.05, 4.69) is 32.2 Å². The number of halogens is 4. The molecule has 3 fully saturated rings. The lowest BCUT2D eigenvalue weighted by Gasteiger charge is -2.43. The summed E-state index contributed by atoms with van der Waals surface area (Å²) in [6.45, 7) is 4.87. The van der Waals surface area contributed by atoms with Crippen LogP contribution in [0.4, 0.5) is 23.7 Å². The third kappa shape index (κ3) is 8.10. The number of anilines is 1. The highest BCUT2D eigenvalue weighted by molar-refractivity contribution is 6.33. The summed E-state index contributed by atoms with van der Waals surface area (Å²) in [4.78, 5) is 51.1. The molecule has 6 rings (SSSR count). The van der Waals surface area contributed by atoms with Gasteiger partial charge in [0.15, 0.2) is 5.82 Å². The molecular formula is C34H43ClF3N9O3. The summed E-state index contributed by atoms with van der Waals surface area (Å²) in [5.41, 5.74) is 4.56. The van der Waals surface area contributed by atoms with Gasteiger partial charge in [-0.3, -0.25) is 14.7 Å². The molecule has 0 aliphatic carbocycles. The van der Waals surface area contributed by atoms with E-state index in [1.807, 2.05) is 30.3 Å². The lowest BCUT2D eigenvalue weighted by molar-refractivity contribution is -0.137. The van der Waals surface area contributed by atoms with Gasteiger partial charge in [-0.05, 0) is 63.5 Å². The molecule has 0 radical (unpaired) electrons. The van der Waals surface area contributed by atoms with Crippen molar-refractivity contribution in [3.8, 4) is 11.4 Å². The molecule has 0 unspecified atom stereocenters. The van der Waals surface area contributed by atoms with Gasteiger partial charge in [0.05, 0.1) is 22.3 Å². The third-order valence-corrected chi connectivity index (χ3v) is 10.5. The predicted octanol–water partition coefficient (Wildman–Crippen LogP) is 3.69. The normalized spacial score (nSPS) is 19.5. The number of piperazine rings is 1. The van der Waals surface area contributed by atoms with Crippen molar-refractivity contribution in [2.45, 2.75) is 56.4 Å². The molecule has 0 bridgehead atoms. The second-order valence-corrected chi connectivity index (χ2v) is 13.9. The van der Waals surface area contributed by atoms with E-state index in [9.17, 15) is 27.6 Å². The van der Waals surface area contributed by atoms with Gasteiger partial charge in [-0.2, -0.15) is 13.2 Å². The number of nitrogens with two attached hydrogens (primary N) is 1. The monoisotopic (exact) mass is 717 g/mol. The number of urea groups is 1. The van der Waals surface area contributed by atoms with Gasteiger partial charge < -0.3 is 25.8 Å². The van der Waals surface area contributed by atoms with Gasteiger partial charge in [-0.1, -0.05) is 41.9 Å². The molecule has 16 heteroatoms. The Morgan fingerprint density at radius 2 is 1.60 bits per heavy atom. The van der Waals surface area contributed by atoms with E-state index in [1.165, 1.54) is 10.7 Å². The van der Waals surface area contributed by atoms with Gasteiger partial charge >= 0.3 is 17.9 Å². The van der Waals surface area contributed by atoms with E-state index in [0.717, 1.165) is 37.6 Å². The highest BCUT2D eigenvalue weighted by Gasteiger charge is 2.37. The Morgan fingerprint density at radius 1 is 0.960 bits per heavy atom. The maximum Gasteiger partial charge on any atom is 0.418 e. The van der Waals surface area contributed by atoms with Crippen LogP contribution in [0.1, 0.15) is 42.9 Å². The fourth-order valence-electron chi connectivity index (χ4n) is 7.21. The second kappa shape index (κ2) is 15.0. The zero-order valence-corrected chi connectivity index (χ0v) is 28.7. The van der Waals surface area contributed by atoms with E-state index in [0.29, 0.717) is 64.0 Å². The summed E-state index contributed by atoms with van der Waals surface area (Å²) in [6.07, 6.45) is -1.94. The van der Waals surface area contributed by atoms with E-state index < -0.39 is 29.5 Å². The number of amides is 3. The average molecular weight is 718 g/mol. The summed E-state index contributed by atoms with van der Waals surface area (Å²) >= 11 is 6.12. The molecule has 4 N–H and O–H groups in total. The fraction of sp³-hybridized carbons (Fsp3) is 0.529. The van der Waals surface area contributed by atoms with Crippen molar-refractivity contribution in [3.05, 3.63) is 69.1 Å². The number of hydrogen-bond acceptors (Lipinski definition) is 7. The molecule has 50 heavy (non-hydrogen) atoms. The van der Waals surface area contributed by atoms with Crippen molar-refractivity contribution in [2.24, 2.45) is 0 Å². The van der Waals surface area contributed by atoms with E-state index in [4.69, 9.17) is 17.3 Å². The third-order valence-electron chi connectivity index (χ3n) is 10.1. The quantitative estimate of drug-likeness (QED) is 0.318. The summed E-state index contributed by atoms with van der Waals surface area (Å²) in [5, 5.41) is 7.05. The molecule has 2 aromatic carbocycles. The highest BCUT2D eigenvalue weighted by Crippen LogP contribution is 2.38. The molecule has 270 valence electrons. The van der Waals surface area contributed by atoms with Crippen LogP contribution >= 0.6 is 11.6 Å². The number of hydrogen-bond donors (Lipinski definition) is 3. The minimum Gasteiger partial charge on any atom is -0.397 e. The van der Waals surface area contributed by atoms with Crippen molar-refractivity contribution in [2.75, 3.05) is 65.1 Å². The van der Waals surface area contributed by atoms with E-state index in [-0.39, 0.29) is 34.6 Å². The Bertz CT molecular complexity index is 1710. The van der Waals surface area contributed by atoms with Crippen LogP contribution in [-0.4, -0.2) is 118 Å². The number of likely N-dealkylation sites (tertiary alicyclic amines) is 2. The van der Waals surface area contributed by atoms with Crippen LogP contribution in [0.5, 0.6) is 0 Å². The molecular weight excluding hydrogens is 675 g/mol. The topological polar surface area (TPSA) is 136 Å². The summed E-state index contributed by atoms with van der Waals surface area (Å²) in [5.74, 6) is 0.0926. The number of alkyl halides is 3. The first kappa shape index (κ1) is 35.7. The Kier molecular flexibility index (Phi) is 10.7. The Labute approximate surface area is 293 Å². The van der Waals surface area contributed by atoms with Crippen LogP contribution in [0.2, 0.25) is 5.02 Å². The Morgan fingerprint density at radius 3 is 2.24 bits per heavy atom. The fourth-order valence-corrected chi connectivity index (χ4v) is 7.46. The number of nitrogens with zero attached hydrogens (tertiary/aromatic N) is 6. The zero-order chi connectivity index (χ0) is 35.6. The lowest BCUT2D eigenvalue weighted by atomic mass is 10.00. The van der Waals surface area contributed by atoms with E-state index >= 15 is 0 Å². The number of H-pyrrole nitrogens is 1. The second-order valence-electron chi connectivity index (χ2n) is 13.4. The van der Waals surface area contributed by atoms with Crippen molar-refractivity contribution in [1.82, 2.24) is 39.7 Å². The number of nitrogen functional groups attached to an aromatic ring is 1. The van der Waals surface area contributed by atoms with Crippen LogP contribution in [0, 0.1) is 0 Å². The number of carbonyl (C=O) groups excluding carboxylic acids is 2. The Hall–Kier alpha value is -4.08. The molecule has 3 aliphatic heterocycles. The van der Waals surface area contributed by atoms with Crippen LogP contribution < -0.4 is 16.7 Å². The minimum atomic E-state index is -4.75. The number of aromatic nitrogens is 3. The van der Waals surface area contributed by atoms with Gasteiger partial charge in [0, 0.05) is 57.3 Å². The van der Waals surface area contributed by atoms with E-state index in [1.54, 1.807) is 9.80 Å². The predicted molar refractivity (Wildman–Crippen MR) is 184 cm³/mol. The molecule has 0 spiro atoms. The molecule has 3 amide bonds. The van der Waals surface area contributed by atoms with Crippen LogP contribution in [0.25, 0.3) is 11.4 Å². The summed E-state index contributed by atoms with van der Waals surface area (Å²) in [7, 11) is 2.11. The highest BCUT2D eigenvalue weighted by atomic mass is 35.5. The standard InChI is InChI=1S/C34H43ClF3N9O3/c1-43-11-7-24(8-12-43)44-15-17-45(18-16-44)31(48)28(21-22-19-26(34(36,37)38)29(39)27(35)20-22)40-32(49)46-13-9-25(10-14-46)47-33(50)41-30(42-47)23-5-3-2-4-6-23/h2-6,19-20,24-25,28H,7-18,21,39H2,1H3,(H,40,49)(H,41,42,50)/t28-/m1/s1. The largest absolute Gasteiger partial charge is 0.418 e. The molecule has 3 aliphatic rings. The maximum atomic E-state index is 14.0. The van der Waals surface area contributed by atoms with Gasteiger partial charge in [0.2, 0.25) is 5.91 Å². The van der Waals surface area contributed by atoms with Crippen molar-refractivity contribution in [1.29, 1.82) is 0 Å². The van der Waals surface area contributed by atoms with Gasteiger partial charge in [0.25, 0.3) is 0 Å². The number of rotatable bonds is 7. The zero-order valence-electron chi connectivity index (χ0n) is 28.0. The van der Waals surface area contributed by atoms with Crippen LogP contribution in [-0.2, 0) is 17.4 Å². The first-order valence-electron chi connectivity index (χ1n) is 17.0. The van der Waals surface area contributed by atoms with Crippen molar-refractivity contribution in [3.63, 3.8) is 0 Å². The number of carbonyl (C=O) groups is 2. The smallest absolute Gasteiger partial charge is 0.397 e. The number of piperidine rings is 2. The van der Waals surface area contributed by atoms with Gasteiger partial charge in [-0.25, -0.2) is 14.3 Å². The molecule has 0 saturated carbocycles. The first-order valence-corrected chi connectivity index (χ1v) is 17.4. The maximum absolute atomic E-state index is 14.0. The summed E-state index contributed by atoms with van der Waals surface area (Å²) in [6, 6.07) is 10.1. The van der Waals surface area contributed by atoms with Gasteiger partial charge in [-0.15, -0.1) is 5.10 Å². The number of nitrogens with one attached hydrogen (secondary N) is 2. The Balaban J connectivity index is 1.14. The lowest BCUT2D eigenvalue weighted by Crippen LogP contribution is -2.59. The average Bonchev–Trinajstić information content (AvgIpc) is 3.50. The molecule has 1 atom stereocenters. The molecule has 12 nitrogen and oxygen atoms in total. The van der Waals surface area contributed by atoms with Gasteiger partial charge in [0.1, 0.15) is 6.04 Å². The first-order chi connectivity index (χ1) is 23.9.